The van der Waals surface area contributed by atoms with Gasteiger partial charge in [-0.1, -0.05) is 6.42 Å². The van der Waals surface area contributed by atoms with Crippen molar-refractivity contribution in [1.29, 1.82) is 0 Å². The van der Waals surface area contributed by atoms with Crippen LogP contribution < -0.4 is 10.1 Å². The predicted molar refractivity (Wildman–Crippen MR) is 66.0 cm³/mol. The van der Waals surface area contributed by atoms with Crippen molar-refractivity contribution in [2.45, 2.75) is 25.9 Å². The molecule has 98 valence electrons. The number of carbonyl (C=O) groups excluding carboxylic acids is 1. The van der Waals surface area contributed by atoms with Crippen molar-refractivity contribution >= 4 is 5.91 Å². The maximum atomic E-state index is 11.5. The number of hydrogen-bond acceptors (Lipinski definition) is 4. The highest BCUT2D eigenvalue weighted by Gasteiger charge is 2.17. The molecule has 0 spiro atoms. The SMILES string of the molecule is O=C(COc1ccc(CO)nc1)NCC1CCC1. The van der Waals surface area contributed by atoms with Crippen LogP contribution >= 0.6 is 0 Å². The summed E-state index contributed by atoms with van der Waals surface area (Å²) in [5.41, 5.74) is 0.580. The lowest BCUT2D eigenvalue weighted by molar-refractivity contribution is -0.123. The maximum Gasteiger partial charge on any atom is 0.257 e. The van der Waals surface area contributed by atoms with Crippen molar-refractivity contribution in [3.05, 3.63) is 24.0 Å². The molecular formula is C13H18N2O3. The van der Waals surface area contributed by atoms with E-state index in [0.29, 0.717) is 17.4 Å². The highest BCUT2D eigenvalue weighted by Crippen LogP contribution is 2.25. The number of rotatable bonds is 6. The standard InChI is InChI=1S/C13H18N2O3/c16-8-11-4-5-12(7-14-11)18-9-13(17)15-6-10-2-1-3-10/h4-5,7,10,16H,1-3,6,8-9H2,(H,15,17). The number of aromatic nitrogens is 1. The van der Waals surface area contributed by atoms with Gasteiger partial charge in [-0.3, -0.25) is 9.78 Å². The number of aliphatic hydroxyl groups is 1. The van der Waals surface area contributed by atoms with Gasteiger partial charge in [0, 0.05) is 6.54 Å². The van der Waals surface area contributed by atoms with E-state index in [2.05, 4.69) is 10.3 Å². The zero-order valence-corrected chi connectivity index (χ0v) is 10.3. The summed E-state index contributed by atoms with van der Waals surface area (Å²) in [6.07, 6.45) is 5.21. The summed E-state index contributed by atoms with van der Waals surface area (Å²) in [7, 11) is 0. The van der Waals surface area contributed by atoms with E-state index in [0.717, 1.165) is 6.54 Å². The molecule has 1 amide bonds. The van der Waals surface area contributed by atoms with E-state index in [1.54, 1.807) is 12.1 Å². The Kier molecular flexibility index (Phi) is 4.52. The largest absolute Gasteiger partial charge is 0.482 e. The van der Waals surface area contributed by atoms with E-state index < -0.39 is 0 Å². The first-order valence-corrected chi connectivity index (χ1v) is 6.23. The number of nitrogens with zero attached hydrogens (tertiary/aromatic N) is 1. The van der Waals surface area contributed by atoms with Gasteiger partial charge >= 0.3 is 0 Å². The minimum absolute atomic E-state index is 0.00682. The molecule has 0 aromatic carbocycles. The number of aliphatic hydroxyl groups excluding tert-OH is 1. The molecule has 1 saturated carbocycles. The van der Waals surface area contributed by atoms with Gasteiger partial charge in [0.2, 0.25) is 0 Å². The Hall–Kier alpha value is -1.62. The average molecular weight is 250 g/mol. The predicted octanol–water partition coefficient (Wildman–Crippen LogP) is 0.869. The molecule has 1 aliphatic carbocycles. The van der Waals surface area contributed by atoms with E-state index in [4.69, 9.17) is 9.84 Å². The van der Waals surface area contributed by atoms with Crippen molar-refractivity contribution < 1.29 is 14.6 Å². The molecule has 5 heteroatoms. The number of pyridine rings is 1. The molecular weight excluding hydrogens is 232 g/mol. The minimum Gasteiger partial charge on any atom is -0.482 e. The van der Waals surface area contributed by atoms with Crippen LogP contribution in [0.2, 0.25) is 0 Å². The van der Waals surface area contributed by atoms with Crippen molar-refractivity contribution in [2.75, 3.05) is 13.2 Å². The Bertz CT molecular complexity index is 388. The molecule has 0 unspecified atom stereocenters. The molecule has 1 aromatic rings. The Labute approximate surface area is 106 Å². The maximum absolute atomic E-state index is 11.5. The third-order valence-electron chi connectivity index (χ3n) is 3.14. The first-order valence-electron chi connectivity index (χ1n) is 6.23. The number of hydrogen-bond donors (Lipinski definition) is 2. The number of nitrogens with one attached hydrogen (secondary N) is 1. The van der Waals surface area contributed by atoms with E-state index in [9.17, 15) is 4.79 Å². The fraction of sp³-hybridized carbons (Fsp3) is 0.538. The summed E-state index contributed by atoms with van der Waals surface area (Å²) in [5.74, 6) is 1.08. The van der Waals surface area contributed by atoms with Crippen molar-refractivity contribution in [3.8, 4) is 5.75 Å². The van der Waals surface area contributed by atoms with Gasteiger partial charge in [-0.2, -0.15) is 0 Å². The molecule has 18 heavy (non-hydrogen) atoms. The Morgan fingerprint density at radius 2 is 2.33 bits per heavy atom. The van der Waals surface area contributed by atoms with E-state index in [-0.39, 0.29) is 19.1 Å². The molecule has 0 bridgehead atoms. The summed E-state index contributed by atoms with van der Waals surface area (Å²) >= 11 is 0. The van der Waals surface area contributed by atoms with E-state index in [1.165, 1.54) is 25.5 Å². The first kappa shape index (κ1) is 12.8. The molecule has 0 aliphatic heterocycles. The Morgan fingerprint density at radius 3 is 2.89 bits per heavy atom. The smallest absolute Gasteiger partial charge is 0.257 e. The number of amides is 1. The molecule has 0 atom stereocenters. The van der Waals surface area contributed by atoms with Gasteiger partial charge in [0.1, 0.15) is 5.75 Å². The molecule has 5 nitrogen and oxygen atoms in total. The summed E-state index contributed by atoms with van der Waals surface area (Å²) in [4.78, 5) is 15.5. The Balaban J connectivity index is 1.67. The van der Waals surface area contributed by atoms with Gasteiger partial charge in [-0.15, -0.1) is 0 Å². The topological polar surface area (TPSA) is 71.5 Å². The molecule has 1 fully saturated rings. The van der Waals surface area contributed by atoms with Crippen LogP contribution in [0.1, 0.15) is 25.0 Å². The lowest BCUT2D eigenvalue weighted by Gasteiger charge is -2.25. The molecule has 0 saturated heterocycles. The van der Waals surface area contributed by atoms with Crippen LogP contribution in [-0.4, -0.2) is 29.1 Å². The normalized spacial score (nSPS) is 14.9. The van der Waals surface area contributed by atoms with Crippen molar-refractivity contribution in [3.63, 3.8) is 0 Å². The number of ether oxygens (including phenoxy) is 1. The van der Waals surface area contributed by atoms with Gasteiger partial charge in [0.15, 0.2) is 6.61 Å². The third kappa shape index (κ3) is 3.70. The average Bonchev–Trinajstić information content (AvgIpc) is 2.35. The Morgan fingerprint density at radius 1 is 1.50 bits per heavy atom. The highest BCUT2D eigenvalue weighted by atomic mass is 16.5. The second kappa shape index (κ2) is 6.35. The quantitative estimate of drug-likeness (QED) is 0.786. The second-order valence-electron chi connectivity index (χ2n) is 4.53. The molecule has 2 rings (SSSR count). The fourth-order valence-corrected chi connectivity index (χ4v) is 1.74. The zero-order chi connectivity index (χ0) is 12.8. The second-order valence-corrected chi connectivity index (χ2v) is 4.53. The molecule has 2 N–H and O–H groups in total. The molecule has 1 aliphatic rings. The molecule has 0 radical (unpaired) electrons. The van der Waals surface area contributed by atoms with Crippen molar-refractivity contribution in [1.82, 2.24) is 10.3 Å². The van der Waals surface area contributed by atoms with Gasteiger partial charge in [0.25, 0.3) is 5.91 Å². The summed E-state index contributed by atoms with van der Waals surface area (Å²) < 4.78 is 5.30. The van der Waals surface area contributed by atoms with Gasteiger partial charge in [-0.25, -0.2) is 0 Å². The fourth-order valence-electron chi connectivity index (χ4n) is 1.74. The van der Waals surface area contributed by atoms with Crippen LogP contribution in [0.15, 0.2) is 18.3 Å². The van der Waals surface area contributed by atoms with Gasteiger partial charge < -0.3 is 15.2 Å². The lowest BCUT2D eigenvalue weighted by Crippen LogP contribution is -2.35. The van der Waals surface area contributed by atoms with Crippen LogP contribution in [-0.2, 0) is 11.4 Å². The van der Waals surface area contributed by atoms with Gasteiger partial charge in [0.05, 0.1) is 18.5 Å². The third-order valence-corrected chi connectivity index (χ3v) is 3.14. The van der Waals surface area contributed by atoms with Gasteiger partial charge in [-0.05, 0) is 30.9 Å². The van der Waals surface area contributed by atoms with Crippen LogP contribution in [0.4, 0.5) is 0 Å². The molecule has 1 heterocycles. The van der Waals surface area contributed by atoms with Crippen LogP contribution in [0, 0.1) is 5.92 Å². The summed E-state index contributed by atoms with van der Waals surface area (Å²) in [6.45, 7) is 0.666. The van der Waals surface area contributed by atoms with E-state index >= 15 is 0 Å². The van der Waals surface area contributed by atoms with Crippen LogP contribution in [0.25, 0.3) is 0 Å². The number of carbonyl (C=O) groups is 1. The zero-order valence-electron chi connectivity index (χ0n) is 10.3. The van der Waals surface area contributed by atoms with Crippen LogP contribution in [0.3, 0.4) is 0 Å². The van der Waals surface area contributed by atoms with Crippen molar-refractivity contribution in [2.24, 2.45) is 5.92 Å². The summed E-state index contributed by atoms with van der Waals surface area (Å²) in [6, 6.07) is 3.36. The highest BCUT2D eigenvalue weighted by molar-refractivity contribution is 5.77. The van der Waals surface area contributed by atoms with E-state index in [1.807, 2.05) is 0 Å². The van der Waals surface area contributed by atoms with Crippen LogP contribution in [0.5, 0.6) is 5.75 Å². The minimum atomic E-state index is -0.104. The molecule has 1 aromatic heterocycles. The lowest BCUT2D eigenvalue weighted by atomic mass is 9.85. The summed E-state index contributed by atoms with van der Waals surface area (Å²) in [5, 5.41) is 11.7. The monoisotopic (exact) mass is 250 g/mol. The first-order chi connectivity index (χ1) is 8.78.